The Balaban J connectivity index is 2.53. The van der Waals surface area contributed by atoms with Gasteiger partial charge in [-0.25, -0.2) is 0 Å². The van der Waals surface area contributed by atoms with E-state index >= 15 is 0 Å². The van der Waals surface area contributed by atoms with Crippen LogP contribution < -0.4 is 10.8 Å². The highest BCUT2D eigenvalue weighted by Gasteiger charge is 1.81. The molecular weight excluding hydrogens is 102 g/mol. The zero-order valence-electron chi connectivity index (χ0n) is 5.23. The van der Waals surface area contributed by atoms with Crippen LogP contribution in [-0.2, 0) is 0 Å². The Bertz CT molecular complexity index is 33.5. The fraction of sp³-hybridized carbons (Fsp3) is 1.00. The summed E-state index contributed by atoms with van der Waals surface area (Å²) in [6.45, 7) is 0.837. The maximum absolute atomic E-state index is 9.86. The van der Waals surface area contributed by atoms with Crippen LogP contribution in [0.1, 0.15) is 25.7 Å². The van der Waals surface area contributed by atoms with Gasteiger partial charge < -0.3 is 10.8 Å². The van der Waals surface area contributed by atoms with Crippen LogP contribution in [0.15, 0.2) is 0 Å². The lowest BCUT2D eigenvalue weighted by Crippen LogP contribution is -2.05. The van der Waals surface area contributed by atoms with Crippen LogP contribution in [0.5, 0.6) is 0 Å². The molecule has 0 aliphatic heterocycles. The van der Waals surface area contributed by atoms with Crippen LogP contribution in [0.4, 0.5) is 0 Å². The Kier molecular flexibility index (Phi) is 6.85. The molecule has 8 heavy (non-hydrogen) atoms. The molecule has 2 nitrogen and oxygen atoms in total. The molecule has 0 bridgehead atoms. The molecule has 0 aromatic rings. The molecule has 0 unspecified atom stereocenters. The van der Waals surface area contributed by atoms with Gasteiger partial charge in [-0.3, -0.25) is 0 Å². The molecular formula is C6H14NO-. The van der Waals surface area contributed by atoms with Crippen molar-refractivity contribution >= 4 is 0 Å². The maximum atomic E-state index is 9.86. The van der Waals surface area contributed by atoms with Crippen molar-refractivity contribution in [3.05, 3.63) is 0 Å². The van der Waals surface area contributed by atoms with Crippen LogP contribution >= 0.6 is 0 Å². The van der Waals surface area contributed by atoms with Crippen molar-refractivity contribution in [1.29, 1.82) is 0 Å². The first-order valence-corrected chi connectivity index (χ1v) is 3.20. The van der Waals surface area contributed by atoms with E-state index in [-0.39, 0.29) is 6.61 Å². The second-order valence-electron chi connectivity index (χ2n) is 1.91. The van der Waals surface area contributed by atoms with Crippen LogP contribution in [0.25, 0.3) is 0 Å². The van der Waals surface area contributed by atoms with Gasteiger partial charge in [-0.1, -0.05) is 19.3 Å². The highest BCUT2D eigenvalue weighted by atomic mass is 16.2. The highest BCUT2D eigenvalue weighted by molar-refractivity contribution is 4.40. The topological polar surface area (TPSA) is 49.1 Å². The molecule has 0 spiro atoms. The summed E-state index contributed by atoms with van der Waals surface area (Å²) in [5.41, 5.74) is 5.23. The van der Waals surface area contributed by atoms with Gasteiger partial charge in [-0.2, -0.15) is 0 Å². The number of hydrogen-bond acceptors (Lipinski definition) is 2. The first-order valence-electron chi connectivity index (χ1n) is 3.20. The molecule has 2 heteroatoms. The molecule has 0 amide bonds. The first kappa shape index (κ1) is 7.92. The summed E-state index contributed by atoms with van der Waals surface area (Å²) in [7, 11) is 0. The van der Waals surface area contributed by atoms with E-state index in [1.54, 1.807) is 0 Å². The van der Waals surface area contributed by atoms with Crippen molar-refractivity contribution in [3.8, 4) is 0 Å². The van der Waals surface area contributed by atoms with Gasteiger partial charge in [0.05, 0.1) is 0 Å². The number of rotatable bonds is 5. The fourth-order valence-corrected chi connectivity index (χ4v) is 0.600. The summed E-state index contributed by atoms with van der Waals surface area (Å²) in [5.74, 6) is 0. The summed E-state index contributed by atoms with van der Waals surface area (Å²) in [5, 5.41) is 9.86. The molecule has 0 saturated heterocycles. The summed E-state index contributed by atoms with van der Waals surface area (Å²) in [6.07, 6.45) is 4.07. The van der Waals surface area contributed by atoms with E-state index in [4.69, 9.17) is 5.73 Å². The SMILES string of the molecule is NCCCCCC[O-]. The standard InChI is InChI=1S/C6H14NO/c7-5-3-1-2-4-6-8/h1-7H2/q-1. The van der Waals surface area contributed by atoms with Gasteiger partial charge in [-0.15, -0.1) is 6.61 Å². The molecule has 0 fully saturated rings. The zero-order valence-corrected chi connectivity index (χ0v) is 5.23. The smallest absolute Gasteiger partial charge is 0.00773 e. The van der Waals surface area contributed by atoms with Crippen LogP contribution in [0, 0.1) is 0 Å². The van der Waals surface area contributed by atoms with Crippen molar-refractivity contribution in [2.24, 2.45) is 5.73 Å². The fourth-order valence-electron chi connectivity index (χ4n) is 0.600. The van der Waals surface area contributed by atoms with E-state index in [1.807, 2.05) is 0 Å². The second kappa shape index (κ2) is 6.92. The first-order chi connectivity index (χ1) is 3.91. The average molecular weight is 116 g/mol. The van der Waals surface area contributed by atoms with Gasteiger partial charge in [0.25, 0.3) is 0 Å². The van der Waals surface area contributed by atoms with Gasteiger partial charge in [0.15, 0.2) is 0 Å². The number of nitrogens with two attached hydrogens (primary N) is 1. The molecule has 0 aromatic carbocycles. The van der Waals surface area contributed by atoms with Crippen LogP contribution in [0.3, 0.4) is 0 Å². The van der Waals surface area contributed by atoms with E-state index in [2.05, 4.69) is 0 Å². The van der Waals surface area contributed by atoms with Crippen LogP contribution in [-0.4, -0.2) is 13.2 Å². The lowest BCUT2D eigenvalue weighted by atomic mass is 10.2. The Labute approximate surface area is 50.7 Å². The van der Waals surface area contributed by atoms with E-state index in [0.717, 1.165) is 32.2 Å². The summed E-state index contributed by atoms with van der Waals surface area (Å²) in [6, 6.07) is 0. The molecule has 0 saturated carbocycles. The van der Waals surface area contributed by atoms with Gasteiger partial charge in [-0.05, 0) is 13.0 Å². The van der Waals surface area contributed by atoms with E-state index in [1.165, 1.54) is 0 Å². The van der Waals surface area contributed by atoms with Crippen molar-refractivity contribution < 1.29 is 5.11 Å². The zero-order chi connectivity index (χ0) is 6.24. The molecule has 0 aromatic heterocycles. The monoisotopic (exact) mass is 116 g/mol. The van der Waals surface area contributed by atoms with Crippen molar-refractivity contribution in [1.82, 2.24) is 0 Å². The van der Waals surface area contributed by atoms with Gasteiger partial charge in [0.1, 0.15) is 0 Å². The average Bonchev–Trinajstić information content (AvgIpc) is 1.81. The molecule has 0 atom stereocenters. The molecule has 0 aliphatic rings. The lowest BCUT2D eigenvalue weighted by Gasteiger charge is -2.00. The predicted molar refractivity (Wildman–Crippen MR) is 32.4 cm³/mol. The van der Waals surface area contributed by atoms with Crippen LogP contribution in [0.2, 0.25) is 0 Å². The van der Waals surface area contributed by atoms with Gasteiger partial charge in [0, 0.05) is 0 Å². The molecule has 0 aliphatic carbocycles. The van der Waals surface area contributed by atoms with Gasteiger partial charge in [0.2, 0.25) is 0 Å². The molecule has 0 heterocycles. The number of unbranched alkanes of at least 4 members (excludes halogenated alkanes) is 3. The third-order valence-electron chi connectivity index (χ3n) is 1.10. The van der Waals surface area contributed by atoms with Crippen molar-refractivity contribution in [2.45, 2.75) is 25.7 Å². The highest BCUT2D eigenvalue weighted by Crippen LogP contribution is 1.95. The van der Waals surface area contributed by atoms with E-state index in [9.17, 15) is 5.11 Å². The summed E-state index contributed by atoms with van der Waals surface area (Å²) in [4.78, 5) is 0. The Morgan fingerprint density at radius 2 is 1.62 bits per heavy atom. The molecule has 2 N–H and O–H groups in total. The second-order valence-corrected chi connectivity index (χ2v) is 1.91. The summed E-state index contributed by atoms with van der Waals surface area (Å²) >= 11 is 0. The van der Waals surface area contributed by atoms with Gasteiger partial charge >= 0.3 is 0 Å². The minimum absolute atomic E-state index is 0.0740. The molecule has 0 radical (unpaired) electrons. The predicted octanol–water partition coefficient (Wildman–Crippen LogP) is -0.134. The molecule has 0 rings (SSSR count). The largest absolute Gasteiger partial charge is 0.854 e. The molecule has 50 valence electrons. The minimum atomic E-state index is 0.0740. The van der Waals surface area contributed by atoms with Crippen molar-refractivity contribution in [2.75, 3.05) is 13.2 Å². The maximum Gasteiger partial charge on any atom is -0.00773 e. The third-order valence-corrected chi connectivity index (χ3v) is 1.10. The Morgan fingerprint density at radius 1 is 1.00 bits per heavy atom. The summed E-state index contributed by atoms with van der Waals surface area (Å²) < 4.78 is 0. The Morgan fingerprint density at radius 3 is 2.12 bits per heavy atom. The van der Waals surface area contributed by atoms with Crippen molar-refractivity contribution in [3.63, 3.8) is 0 Å². The Hall–Kier alpha value is -0.0800. The lowest BCUT2D eigenvalue weighted by molar-refractivity contribution is -0.368. The number of hydrogen-bond donors (Lipinski definition) is 1. The minimum Gasteiger partial charge on any atom is -0.854 e. The third kappa shape index (κ3) is 5.92. The van der Waals surface area contributed by atoms with E-state index in [0.29, 0.717) is 0 Å². The normalized spacial score (nSPS) is 9.75. The van der Waals surface area contributed by atoms with E-state index < -0.39 is 0 Å². The quantitative estimate of drug-likeness (QED) is 0.508.